The monoisotopic (exact) mass is 202 g/mol. The minimum atomic E-state index is 0.0994. The normalized spacial score (nSPS) is 22.2. The average Bonchev–Trinajstić information content (AvgIpc) is 2.97. The van der Waals surface area contributed by atoms with Crippen LogP contribution in [0.25, 0.3) is 0 Å². The molecule has 0 aromatic heterocycles. The van der Waals surface area contributed by atoms with Crippen molar-refractivity contribution < 1.29 is 4.79 Å². The lowest BCUT2D eigenvalue weighted by molar-refractivity contribution is -0.115. The molecule has 2 aliphatic rings. The lowest BCUT2D eigenvalue weighted by Gasteiger charge is -2.19. The molecule has 1 N–H and O–H groups in total. The third-order valence-electron chi connectivity index (χ3n) is 3.17. The van der Waals surface area contributed by atoms with E-state index in [-0.39, 0.29) is 11.9 Å². The summed E-state index contributed by atoms with van der Waals surface area (Å²) >= 11 is 0. The van der Waals surface area contributed by atoms with Crippen LogP contribution in [0.2, 0.25) is 0 Å². The molecule has 1 aromatic carbocycles. The van der Waals surface area contributed by atoms with Gasteiger partial charge in [0.05, 0.1) is 11.4 Å². The molecule has 0 bridgehead atoms. The summed E-state index contributed by atoms with van der Waals surface area (Å²) in [5.74, 6) is 0.641. The number of rotatable bonds is 1. The second kappa shape index (κ2) is 2.75. The summed E-state index contributed by atoms with van der Waals surface area (Å²) in [6, 6.07) is 6.45. The quantitative estimate of drug-likeness (QED) is 0.706. The highest BCUT2D eigenvalue weighted by Gasteiger charge is 2.45. The molecule has 1 aromatic rings. The summed E-state index contributed by atoms with van der Waals surface area (Å²) in [5.41, 5.74) is 3.42. The van der Waals surface area contributed by atoms with Crippen LogP contribution in [0.1, 0.15) is 25.3 Å². The Morgan fingerprint density at radius 3 is 3.00 bits per heavy atom. The van der Waals surface area contributed by atoms with Crippen molar-refractivity contribution in [2.45, 2.75) is 25.8 Å². The Morgan fingerprint density at radius 1 is 1.47 bits per heavy atom. The van der Waals surface area contributed by atoms with Gasteiger partial charge in [-0.15, -0.1) is 0 Å². The second-order valence-corrected chi connectivity index (χ2v) is 4.59. The highest BCUT2D eigenvalue weighted by Crippen LogP contribution is 2.40. The summed E-state index contributed by atoms with van der Waals surface area (Å²) in [6.07, 6.45) is 0. The van der Waals surface area contributed by atoms with E-state index in [0.29, 0.717) is 5.92 Å². The Labute approximate surface area is 89.1 Å². The van der Waals surface area contributed by atoms with Gasteiger partial charge in [-0.25, -0.2) is 0 Å². The van der Waals surface area contributed by atoms with Crippen LogP contribution < -0.4 is 10.2 Å². The van der Waals surface area contributed by atoms with Crippen LogP contribution in [0.15, 0.2) is 18.2 Å². The van der Waals surface area contributed by atoms with Gasteiger partial charge >= 0.3 is 0 Å². The maximum Gasteiger partial charge on any atom is 0.248 e. The molecule has 78 valence electrons. The lowest BCUT2D eigenvalue weighted by atomic mass is 10.0. The summed E-state index contributed by atoms with van der Waals surface area (Å²) in [7, 11) is 0. The third kappa shape index (κ3) is 1.23. The topological polar surface area (TPSA) is 32.1 Å². The Morgan fingerprint density at radius 2 is 2.27 bits per heavy atom. The summed E-state index contributed by atoms with van der Waals surface area (Å²) in [6.45, 7) is 5.19. The third-order valence-corrected chi connectivity index (χ3v) is 3.17. The van der Waals surface area contributed by atoms with E-state index in [0.717, 1.165) is 12.2 Å². The predicted molar refractivity (Wildman–Crippen MR) is 60.3 cm³/mol. The van der Waals surface area contributed by atoms with E-state index < -0.39 is 0 Å². The smallest absolute Gasteiger partial charge is 0.248 e. The van der Waals surface area contributed by atoms with E-state index in [2.05, 4.69) is 42.3 Å². The summed E-state index contributed by atoms with van der Waals surface area (Å²) < 4.78 is 0. The molecule has 15 heavy (non-hydrogen) atoms. The maximum atomic E-state index is 11.5. The first kappa shape index (κ1) is 8.77. The number of fused-ring (bicyclic) bond motifs is 3. The van der Waals surface area contributed by atoms with Gasteiger partial charge < -0.3 is 10.2 Å². The van der Waals surface area contributed by atoms with Gasteiger partial charge in [0.25, 0.3) is 0 Å². The molecule has 1 atom stereocenters. The molecule has 1 amide bonds. The number of benzene rings is 1. The first-order chi connectivity index (χ1) is 7.16. The van der Waals surface area contributed by atoms with E-state index in [1.165, 1.54) is 11.3 Å². The van der Waals surface area contributed by atoms with Crippen molar-refractivity contribution in [1.29, 1.82) is 0 Å². The number of carbonyl (C=O) groups is 1. The number of nitrogens with zero attached hydrogens (tertiary/aromatic N) is 1. The molecule has 2 heterocycles. The fourth-order valence-corrected chi connectivity index (χ4v) is 2.11. The van der Waals surface area contributed by atoms with Crippen molar-refractivity contribution in [3.8, 4) is 0 Å². The molecule has 1 fully saturated rings. The molecule has 3 rings (SSSR count). The molecule has 2 aliphatic heterocycles. The Hall–Kier alpha value is -1.51. The molecule has 0 radical (unpaired) electrons. The van der Waals surface area contributed by atoms with Crippen LogP contribution in [0.4, 0.5) is 11.4 Å². The highest BCUT2D eigenvalue weighted by molar-refractivity contribution is 6.07. The first-order valence-corrected chi connectivity index (χ1v) is 5.38. The zero-order valence-electron chi connectivity index (χ0n) is 8.95. The van der Waals surface area contributed by atoms with Crippen LogP contribution in [0.3, 0.4) is 0 Å². The van der Waals surface area contributed by atoms with Crippen molar-refractivity contribution in [3.63, 3.8) is 0 Å². The molecule has 0 spiro atoms. The first-order valence-electron chi connectivity index (χ1n) is 5.38. The average molecular weight is 202 g/mol. The van der Waals surface area contributed by atoms with Gasteiger partial charge in [-0.2, -0.15) is 0 Å². The molecule has 0 aliphatic carbocycles. The predicted octanol–water partition coefficient (Wildman–Crippen LogP) is 1.95. The SMILES string of the molecule is CC(C)c1ccc2c(c1)NC(=O)C1CN21. The maximum absolute atomic E-state index is 11.5. The number of anilines is 2. The standard InChI is InChI=1S/C12H14N2O/c1-7(2)8-3-4-10-9(5-8)13-12(15)11-6-14(10)11/h3-5,7,11H,6H2,1-2H3,(H,13,15). The zero-order valence-corrected chi connectivity index (χ0v) is 8.95. The van der Waals surface area contributed by atoms with Gasteiger partial charge in [0.1, 0.15) is 6.04 Å². The molecule has 3 nitrogen and oxygen atoms in total. The van der Waals surface area contributed by atoms with E-state index in [9.17, 15) is 4.79 Å². The zero-order chi connectivity index (χ0) is 10.6. The van der Waals surface area contributed by atoms with Gasteiger partial charge in [0.15, 0.2) is 0 Å². The minimum Gasteiger partial charge on any atom is -0.354 e. The van der Waals surface area contributed by atoms with Gasteiger partial charge in [-0.1, -0.05) is 19.9 Å². The van der Waals surface area contributed by atoms with Crippen LogP contribution in [-0.4, -0.2) is 18.5 Å². The second-order valence-electron chi connectivity index (χ2n) is 4.59. The summed E-state index contributed by atoms with van der Waals surface area (Å²) in [4.78, 5) is 13.7. The fraction of sp³-hybridized carbons (Fsp3) is 0.417. The summed E-state index contributed by atoms with van der Waals surface area (Å²) in [5, 5.41) is 2.97. The Kier molecular flexibility index (Phi) is 1.61. The minimum absolute atomic E-state index is 0.0994. The van der Waals surface area contributed by atoms with E-state index in [4.69, 9.17) is 0 Å². The van der Waals surface area contributed by atoms with Crippen molar-refractivity contribution in [2.75, 3.05) is 16.8 Å². The van der Waals surface area contributed by atoms with Crippen LogP contribution in [0, 0.1) is 0 Å². The number of amides is 1. The Balaban J connectivity index is 2.05. The van der Waals surface area contributed by atoms with Crippen molar-refractivity contribution >= 4 is 17.3 Å². The van der Waals surface area contributed by atoms with Gasteiger partial charge in [-0.3, -0.25) is 4.79 Å². The molecule has 0 saturated carbocycles. The molecular formula is C12H14N2O. The van der Waals surface area contributed by atoms with Gasteiger partial charge in [0.2, 0.25) is 5.91 Å². The van der Waals surface area contributed by atoms with Gasteiger partial charge in [-0.05, 0) is 23.6 Å². The van der Waals surface area contributed by atoms with Crippen molar-refractivity contribution in [3.05, 3.63) is 23.8 Å². The molecule has 1 unspecified atom stereocenters. The highest BCUT2D eigenvalue weighted by atomic mass is 16.2. The van der Waals surface area contributed by atoms with Crippen molar-refractivity contribution in [2.24, 2.45) is 0 Å². The van der Waals surface area contributed by atoms with E-state index in [1.54, 1.807) is 0 Å². The molecule has 1 saturated heterocycles. The van der Waals surface area contributed by atoms with Crippen LogP contribution >= 0.6 is 0 Å². The van der Waals surface area contributed by atoms with E-state index in [1.807, 2.05) is 0 Å². The number of hydrogen-bond donors (Lipinski definition) is 1. The lowest BCUT2D eigenvalue weighted by Crippen LogP contribution is -2.26. The van der Waals surface area contributed by atoms with Crippen LogP contribution in [0.5, 0.6) is 0 Å². The van der Waals surface area contributed by atoms with Gasteiger partial charge in [0, 0.05) is 6.54 Å². The Bertz CT molecular complexity index is 439. The number of hydrogen-bond acceptors (Lipinski definition) is 2. The van der Waals surface area contributed by atoms with Crippen LogP contribution in [-0.2, 0) is 4.79 Å². The number of carbonyl (C=O) groups excluding carboxylic acids is 1. The fourth-order valence-electron chi connectivity index (χ4n) is 2.11. The largest absolute Gasteiger partial charge is 0.354 e. The van der Waals surface area contributed by atoms with E-state index >= 15 is 0 Å². The van der Waals surface area contributed by atoms with Crippen molar-refractivity contribution in [1.82, 2.24) is 0 Å². The molecular weight excluding hydrogens is 188 g/mol. The number of nitrogens with one attached hydrogen (secondary N) is 1. The molecule has 3 heteroatoms.